The zero-order valence-corrected chi connectivity index (χ0v) is 18.2. The Morgan fingerprint density at radius 2 is 1.93 bits per heavy atom. The molecule has 1 fully saturated rings. The number of quaternary nitrogens is 1. The molecule has 2 heterocycles. The van der Waals surface area contributed by atoms with E-state index in [2.05, 4.69) is 10.3 Å². The highest BCUT2D eigenvalue weighted by atomic mass is 35.5. The molecule has 1 amide bonds. The second-order valence-electron chi connectivity index (χ2n) is 7.47. The lowest BCUT2D eigenvalue weighted by Gasteiger charge is -2.28. The molecule has 0 saturated carbocycles. The molecule has 1 aliphatic heterocycles. The van der Waals surface area contributed by atoms with E-state index in [4.69, 9.17) is 16.3 Å². The molecule has 0 radical (unpaired) electrons. The zero-order valence-electron chi connectivity index (χ0n) is 16.6. The maximum absolute atomic E-state index is 12.7. The van der Waals surface area contributed by atoms with Gasteiger partial charge in [0.15, 0.2) is 17.5 Å². The van der Waals surface area contributed by atoms with Crippen LogP contribution in [-0.4, -0.2) is 43.4 Å². The molecule has 1 aromatic heterocycles. The lowest BCUT2D eigenvalue weighted by atomic mass is 9.89. The zero-order chi connectivity index (χ0) is 21.1. The summed E-state index contributed by atoms with van der Waals surface area (Å²) in [4.78, 5) is 30.8. The normalized spacial score (nSPS) is 18.9. The van der Waals surface area contributed by atoms with Crippen molar-refractivity contribution in [2.24, 2.45) is 5.92 Å². The summed E-state index contributed by atoms with van der Waals surface area (Å²) >= 11 is 7.34. The average molecular weight is 445 g/mol. The van der Waals surface area contributed by atoms with Crippen molar-refractivity contribution in [3.8, 4) is 5.75 Å². The third kappa shape index (κ3) is 4.80. The standard InChI is InChI=1S/C22H22ClN3O3S/c1-29-17-6-7-18-19(12-17)30-22(24-18)25-20(27)13-26-10-8-15(9-11-26)21(28)14-2-4-16(23)5-3-14/h2-7,12,15H,8-11,13H2,1H3,(H,24,25,27)/p+1. The number of ether oxygens (including phenoxy) is 1. The van der Waals surface area contributed by atoms with E-state index in [0.29, 0.717) is 22.3 Å². The number of hydrogen-bond donors (Lipinski definition) is 2. The van der Waals surface area contributed by atoms with Crippen LogP contribution in [0.1, 0.15) is 23.2 Å². The Bertz CT molecular complexity index is 1060. The predicted molar refractivity (Wildman–Crippen MR) is 119 cm³/mol. The van der Waals surface area contributed by atoms with E-state index in [-0.39, 0.29) is 17.6 Å². The van der Waals surface area contributed by atoms with E-state index < -0.39 is 0 Å². The van der Waals surface area contributed by atoms with Crippen LogP contribution < -0.4 is 15.0 Å². The van der Waals surface area contributed by atoms with Crippen LogP contribution in [0.25, 0.3) is 10.2 Å². The van der Waals surface area contributed by atoms with Gasteiger partial charge in [0.25, 0.3) is 5.91 Å². The third-order valence-electron chi connectivity index (χ3n) is 5.44. The van der Waals surface area contributed by atoms with Crippen LogP contribution in [0.2, 0.25) is 5.02 Å². The van der Waals surface area contributed by atoms with Crippen LogP contribution in [-0.2, 0) is 4.79 Å². The second-order valence-corrected chi connectivity index (χ2v) is 8.94. The van der Waals surface area contributed by atoms with Gasteiger partial charge in [-0.3, -0.25) is 14.9 Å². The first-order valence-corrected chi connectivity index (χ1v) is 11.1. The van der Waals surface area contributed by atoms with Crippen LogP contribution >= 0.6 is 22.9 Å². The summed E-state index contributed by atoms with van der Waals surface area (Å²) < 4.78 is 6.20. The molecule has 6 nitrogen and oxygen atoms in total. The Balaban J connectivity index is 1.29. The number of piperidine rings is 1. The number of methoxy groups -OCH3 is 1. The highest BCUT2D eigenvalue weighted by Crippen LogP contribution is 2.29. The molecular weight excluding hydrogens is 422 g/mol. The van der Waals surface area contributed by atoms with Gasteiger partial charge in [-0.25, -0.2) is 4.98 Å². The summed E-state index contributed by atoms with van der Waals surface area (Å²) in [5.41, 5.74) is 1.54. The molecule has 2 aromatic carbocycles. The summed E-state index contributed by atoms with van der Waals surface area (Å²) in [5, 5.41) is 4.13. The fourth-order valence-electron chi connectivity index (χ4n) is 3.79. The number of nitrogens with one attached hydrogen (secondary N) is 2. The minimum atomic E-state index is -0.0569. The number of benzene rings is 2. The molecule has 0 bridgehead atoms. The number of rotatable bonds is 6. The van der Waals surface area contributed by atoms with Gasteiger partial charge in [0.1, 0.15) is 5.75 Å². The highest BCUT2D eigenvalue weighted by molar-refractivity contribution is 7.22. The Labute approximate surface area is 183 Å². The molecule has 2 N–H and O–H groups in total. The molecule has 30 heavy (non-hydrogen) atoms. The van der Waals surface area contributed by atoms with Crippen molar-refractivity contribution < 1.29 is 19.2 Å². The molecule has 4 rings (SSSR count). The van der Waals surface area contributed by atoms with Crippen LogP contribution in [0, 0.1) is 5.92 Å². The van der Waals surface area contributed by atoms with Crippen molar-refractivity contribution >= 4 is 50.0 Å². The maximum Gasteiger partial charge on any atom is 0.281 e. The van der Waals surface area contributed by atoms with Crippen molar-refractivity contribution in [1.29, 1.82) is 0 Å². The van der Waals surface area contributed by atoms with E-state index >= 15 is 0 Å². The van der Waals surface area contributed by atoms with E-state index in [1.54, 1.807) is 31.4 Å². The Kier molecular flexibility index (Phi) is 6.32. The Hall–Kier alpha value is -2.48. The summed E-state index contributed by atoms with van der Waals surface area (Å²) in [5.74, 6) is 0.889. The van der Waals surface area contributed by atoms with Crippen LogP contribution in [0.15, 0.2) is 42.5 Å². The monoisotopic (exact) mass is 444 g/mol. The van der Waals surface area contributed by atoms with Gasteiger partial charge in [0, 0.05) is 29.3 Å². The number of halogens is 1. The molecule has 156 valence electrons. The Morgan fingerprint density at radius 3 is 2.63 bits per heavy atom. The summed E-state index contributed by atoms with van der Waals surface area (Å²) in [7, 11) is 1.62. The van der Waals surface area contributed by atoms with E-state index in [9.17, 15) is 9.59 Å². The fraction of sp³-hybridized carbons (Fsp3) is 0.318. The van der Waals surface area contributed by atoms with Gasteiger partial charge in [-0.2, -0.15) is 0 Å². The third-order valence-corrected chi connectivity index (χ3v) is 6.63. The number of likely N-dealkylation sites (tertiary alicyclic amines) is 1. The first kappa shape index (κ1) is 20.8. The molecule has 0 unspecified atom stereocenters. The van der Waals surface area contributed by atoms with Crippen molar-refractivity contribution in [2.45, 2.75) is 12.8 Å². The molecular formula is C22H23ClN3O3S+. The fourth-order valence-corrected chi connectivity index (χ4v) is 4.83. The summed E-state index contributed by atoms with van der Waals surface area (Å²) in [6.07, 6.45) is 1.57. The predicted octanol–water partition coefficient (Wildman–Crippen LogP) is 3.07. The van der Waals surface area contributed by atoms with Crippen LogP contribution in [0.5, 0.6) is 5.75 Å². The number of carbonyl (C=O) groups is 2. The molecule has 0 spiro atoms. The molecule has 0 atom stereocenters. The number of carbonyl (C=O) groups excluding carboxylic acids is 2. The number of amides is 1. The maximum atomic E-state index is 12.7. The van der Waals surface area contributed by atoms with Gasteiger partial charge in [-0.05, 0) is 42.5 Å². The van der Waals surface area contributed by atoms with Gasteiger partial charge in [0.05, 0.1) is 30.4 Å². The lowest BCUT2D eigenvalue weighted by Crippen LogP contribution is -3.14. The SMILES string of the molecule is COc1ccc2nc(NC(=O)C[NH+]3CCC(C(=O)c4ccc(Cl)cc4)CC3)sc2c1. The number of nitrogens with zero attached hydrogens (tertiary/aromatic N) is 1. The number of hydrogen-bond acceptors (Lipinski definition) is 5. The van der Waals surface area contributed by atoms with Crippen molar-refractivity contribution in [2.75, 3.05) is 32.1 Å². The van der Waals surface area contributed by atoms with Gasteiger partial charge >= 0.3 is 0 Å². The number of fused-ring (bicyclic) bond motifs is 1. The topological polar surface area (TPSA) is 72.7 Å². The van der Waals surface area contributed by atoms with Gasteiger partial charge < -0.3 is 9.64 Å². The van der Waals surface area contributed by atoms with Crippen molar-refractivity contribution in [3.63, 3.8) is 0 Å². The van der Waals surface area contributed by atoms with Crippen LogP contribution in [0.3, 0.4) is 0 Å². The molecule has 3 aromatic rings. The number of thiazole rings is 1. The van der Waals surface area contributed by atoms with Crippen LogP contribution in [0.4, 0.5) is 5.13 Å². The number of anilines is 1. The number of Topliss-reactive ketones (excluding diaryl/α,β-unsaturated/α-hetero) is 1. The largest absolute Gasteiger partial charge is 0.497 e. The minimum Gasteiger partial charge on any atom is -0.497 e. The van der Waals surface area contributed by atoms with E-state index in [1.165, 1.54) is 16.2 Å². The lowest BCUT2D eigenvalue weighted by molar-refractivity contribution is -0.897. The molecule has 0 aliphatic carbocycles. The molecule has 1 saturated heterocycles. The van der Waals surface area contributed by atoms with Crippen molar-refractivity contribution in [3.05, 3.63) is 53.1 Å². The van der Waals surface area contributed by atoms with Gasteiger partial charge in [-0.1, -0.05) is 22.9 Å². The Morgan fingerprint density at radius 1 is 1.20 bits per heavy atom. The van der Waals surface area contributed by atoms with E-state index in [0.717, 1.165) is 41.9 Å². The van der Waals surface area contributed by atoms with Gasteiger partial charge in [-0.15, -0.1) is 0 Å². The second kappa shape index (κ2) is 9.12. The smallest absolute Gasteiger partial charge is 0.281 e. The number of ketones is 1. The number of aromatic nitrogens is 1. The van der Waals surface area contributed by atoms with Gasteiger partial charge in [0.2, 0.25) is 0 Å². The summed E-state index contributed by atoms with van der Waals surface area (Å²) in [6, 6.07) is 12.7. The quantitative estimate of drug-likeness (QED) is 0.573. The van der Waals surface area contributed by atoms with Crippen molar-refractivity contribution in [1.82, 2.24) is 4.98 Å². The highest BCUT2D eigenvalue weighted by Gasteiger charge is 2.29. The molecule has 1 aliphatic rings. The molecule has 8 heteroatoms. The average Bonchev–Trinajstić information content (AvgIpc) is 3.15. The summed E-state index contributed by atoms with van der Waals surface area (Å²) in [6.45, 7) is 1.98. The first-order chi connectivity index (χ1) is 14.5. The first-order valence-electron chi connectivity index (χ1n) is 9.89. The minimum absolute atomic E-state index is 0.0113. The van der Waals surface area contributed by atoms with E-state index in [1.807, 2.05) is 18.2 Å².